The summed E-state index contributed by atoms with van der Waals surface area (Å²) in [6, 6.07) is 0.419. The molecule has 2 aliphatic carbocycles. The first-order valence-corrected chi connectivity index (χ1v) is 8.21. The van der Waals surface area contributed by atoms with Gasteiger partial charge in [0.1, 0.15) is 5.69 Å². The van der Waals surface area contributed by atoms with E-state index in [9.17, 15) is 9.59 Å². The molecule has 0 aromatic carbocycles. The van der Waals surface area contributed by atoms with Crippen LogP contribution in [0.15, 0.2) is 10.9 Å². The van der Waals surface area contributed by atoms with Gasteiger partial charge in [-0.1, -0.05) is 0 Å². The van der Waals surface area contributed by atoms with Crippen molar-refractivity contribution < 1.29 is 14.7 Å². The highest BCUT2D eigenvalue weighted by molar-refractivity contribution is 7.07. The molecule has 3 rings (SSSR count). The molecule has 2 fully saturated rings. The number of hydrogen-bond donors (Lipinski definition) is 2. The fourth-order valence-corrected chi connectivity index (χ4v) is 3.27. The number of carboxylic acids is 1. The maximum absolute atomic E-state index is 11.9. The van der Waals surface area contributed by atoms with Crippen LogP contribution in [0.4, 0.5) is 0 Å². The predicted molar refractivity (Wildman–Crippen MR) is 78.3 cm³/mol. The zero-order valence-corrected chi connectivity index (χ0v) is 12.5. The van der Waals surface area contributed by atoms with Crippen molar-refractivity contribution in [1.82, 2.24) is 15.2 Å². The van der Waals surface area contributed by atoms with E-state index in [-0.39, 0.29) is 24.5 Å². The number of carboxylic acid groups (broad SMARTS) is 1. The Bertz CT molecular complexity index is 510. The normalized spacial score (nSPS) is 24.6. The number of nitrogens with zero attached hydrogens (tertiary/aromatic N) is 2. The van der Waals surface area contributed by atoms with Gasteiger partial charge in [0.2, 0.25) is 0 Å². The van der Waals surface area contributed by atoms with Crippen LogP contribution in [0, 0.1) is 5.92 Å². The minimum Gasteiger partial charge on any atom is -0.480 e. The van der Waals surface area contributed by atoms with Crippen molar-refractivity contribution >= 4 is 23.2 Å². The van der Waals surface area contributed by atoms with Gasteiger partial charge in [-0.25, -0.2) is 4.98 Å². The Morgan fingerprint density at radius 3 is 2.76 bits per heavy atom. The lowest BCUT2D eigenvalue weighted by atomic mass is 9.85. The Hall–Kier alpha value is -1.47. The summed E-state index contributed by atoms with van der Waals surface area (Å²) >= 11 is 1.40. The van der Waals surface area contributed by atoms with Crippen LogP contribution in [-0.2, 0) is 4.79 Å². The molecule has 1 heterocycles. The largest absolute Gasteiger partial charge is 0.480 e. The van der Waals surface area contributed by atoms with Gasteiger partial charge in [-0.2, -0.15) is 0 Å². The van der Waals surface area contributed by atoms with E-state index in [1.165, 1.54) is 24.2 Å². The number of aliphatic carboxylic acids is 1. The summed E-state index contributed by atoms with van der Waals surface area (Å²) in [5.41, 5.74) is 2.10. The molecule has 2 aliphatic rings. The summed E-state index contributed by atoms with van der Waals surface area (Å²) in [6.45, 7) is 0.984. The first kappa shape index (κ1) is 14.5. The van der Waals surface area contributed by atoms with Gasteiger partial charge < -0.3 is 10.4 Å². The molecule has 1 aromatic heterocycles. The Morgan fingerprint density at radius 1 is 1.43 bits per heavy atom. The molecule has 1 aromatic rings. The summed E-state index contributed by atoms with van der Waals surface area (Å²) in [5.74, 6) is -0.231. The predicted octanol–water partition coefficient (Wildman–Crippen LogP) is 1.20. The molecular weight excluding hydrogens is 290 g/mol. The Morgan fingerprint density at radius 2 is 2.19 bits per heavy atom. The second-order valence-electron chi connectivity index (χ2n) is 5.94. The molecule has 0 aliphatic heterocycles. The lowest BCUT2D eigenvalue weighted by molar-refractivity contribution is -0.139. The summed E-state index contributed by atoms with van der Waals surface area (Å²) in [5, 5.41) is 13.7. The highest BCUT2D eigenvalue weighted by atomic mass is 32.1. The van der Waals surface area contributed by atoms with E-state index in [1.54, 1.807) is 10.9 Å². The average molecular weight is 309 g/mol. The molecule has 21 heavy (non-hydrogen) atoms. The van der Waals surface area contributed by atoms with Gasteiger partial charge in [0.25, 0.3) is 5.91 Å². The summed E-state index contributed by atoms with van der Waals surface area (Å²) in [7, 11) is 0. The zero-order chi connectivity index (χ0) is 14.8. The molecule has 2 N–H and O–H groups in total. The molecule has 7 heteroatoms. The van der Waals surface area contributed by atoms with Crippen molar-refractivity contribution in [2.45, 2.75) is 37.8 Å². The first-order chi connectivity index (χ1) is 10.1. The Labute approximate surface area is 127 Å². The van der Waals surface area contributed by atoms with Crippen LogP contribution in [0.2, 0.25) is 0 Å². The maximum atomic E-state index is 11.9. The summed E-state index contributed by atoms with van der Waals surface area (Å²) in [4.78, 5) is 28.9. The van der Waals surface area contributed by atoms with Crippen LogP contribution >= 0.6 is 11.3 Å². The lowest BCUT2D eigenvalue weighted by Gasteiger charge is -2.42. The Kier molecular flexibility index (Phi) is 4.21. The molecule has 114 valence electrons. The highest BCUT2D eigenvalue weighted by Crippen LogP contribution is 2.33. The molecule has 1 amide bonds. The smallest absolute Gasteiger partial charge is 0.317 e. The van der Waals surface area contributed by atoms with Gasteiger partial charge in [-0.3, -0.25) is 14.5 Å². The number of nitrogens with one attached hydrogen (secondary N) is 1. The third-order valence-corrected chi connectivity index (χ3v) is 4.74. The molecule has 2 saturated carbocycles. The highest BCUT2D eigenvalue weighted by Gasteiger charge is 2.37. The zero-order valence-electron chi connectivity index (χ0n) is 11.7. The van der Waals surface area contributed by atoms with E-state index < -0.39 is 5.97 Å². The van der Waals surface area contributed by atoms with Gasteiger partial charge in [0.15, 0.2) is 0 Å². The second kappa shape index (κ2) is 6.11. The van der Waals surface area contributed by atoms with Crippen molar-refractivity contribution in [1.29, 1.82) is 0 Å². The van der Waals surface area contributed by atoms with E-state index >= 15 is 0 Å². The van der Waals surface area contributed by atoms with Gasteiger partial charge in [0, 0.05) is 24.0 Å². The van der Waals surface area contributed by atoms with Crippen molar-refractivity contribution in [3.8, 4) is 0 Å². The van der Waals surface area contributed by atoms with E-state index in [2.05, 4.69) is 15.2 Å². The molecule has 0 atom stereocenters. The minimum absolute atomic E-state index is 0.105. The fraction of sp³-hybridized carbons (Fsp3) is 0.643. The first-order valence-electron chi connectivity index (χ1n) is 7.26. The van der Waals surface area contributed by atoms with E-state index in [0.29, 0.717) is 11.6 Å². The van der Waals surface area contributed by atoms with Gasteiger partial charge in [0.05, 0.1) is 12.1 Å². The molecule has 0 radical (unpaired) electrons. The van der Waals surface area contributed by atoms with Crippen LogP contribution in [0.5, 0.6) is 0 Å². The summed E-state index contributed by atoms with van der Waals surface area (Å²) in [6.07, 6.45) is 4.09. The number of amides is 1. The average Bonchev–Trinajstić information content (AvgIpc) is 3.03. The van der Waals surface area contributed by atoms with Crippen LogP contribution < -0.4 is 5.32 Å². The van der Waals surface area contributed by atoms with Crippen LogP contribution in [0.1, 0.15) is 36.2 Å². The number of aromatic nitrogens is 1. The van der Waals surface area contributed by atoms with E-state index in [0.717, 1.165) is 19.4 Å². The lowest BCUT2D eigenvalue weighted by Crippen LogP contribution is -2.55. The molecule has 6 nitrogen and oxygen atoms in total. The van der Waals surface area contributed by atoms with E-state index in [4.69, 9.17) is 5.11 Å². The summed E-state index contributed by atoms with van der Waals surface area (Å²) < 4.78 is 0. The maximum Gasteiger partial charge on any atom is 0.317 e. The molecule has 0 saturated heterocycles. The van der Waals surface area contributed by atoms with Gasteiger partial charge >= 0.3 is 5.97 Å². The number of carbonyl (C=O) groups is 2. The van der Waals surface area contributed by atoms with Crippen molar-refractivity contribution in [2.75, 3.05) is 13.1 Å². The van der Waals surface area contributed by atoms with Crippen molar-refractivity contribution in [3.05, 3.63) is 16.6 Å². The number of thiazole rings is 1. The second-order valence-corrected chi connectivity index (χ2v) is 6.65. The number of carbonyl (C=O) groups excluding carboxylic acids is 1. The van der Waals surface area contributed by atoms with Crippen molar-refractivity contribution in [2.24, 2.45) is 5.92 Å². The molecule has 0 bridgehead atoms. The van der Waals surface area contributed by atoms with Crippen LogP contribution in [-0.4, -0.2) is 52.0 Å². The third-order valence-electron chi connectivity index (χ3n) is 4.16. The number of rotatable bonds is 7. The Balaban J connectivity index is 1.46. The number of hydrogen-bond acceptors (Lipinski definition) is 5. The molecule has 0 unspecified atom stereocenters. The monoisotopic (exact) mass is 309 g/mol. The van der Waals surface area contributed by atoms with Gasteiger partial charge in [-0.05, 0) is 31.6 Å². The van der Waals surface area contributed by atoms with Crippen LogP contribution in [0.3, 0.4) is 0 Å². The SMILES string of the molecule is O=C(O)CN(CC1CC1)C1CC(NC(=O)c2cscn2)C1. The third kappa shape index (κ3) is 3.79. The quantitative estimate of drug-likeness (QED) is 0.791. The van der Waals surface area contributed by atoms with Crippen molar-refractivity contribution in [3.63, 3.8) is 0 Å². The van der Waals surface area contributed by atoms with Crippen LogP contribution in [0.25, 0.3) is 0 Å². The topological polar surface area (TPSA) is 82.5 Å². The van der Waals surface area contributed by atoms with E-state index in [1.807, 2.05) is 0 Å². The minimum atomic E-state index is -0.773. The molecular formula is C14H19N3O3S. The molecule has 0 spiro atoms. The van der Waals surface area contributed by atoms with Gasteiger partial charge in [-0.15, -0.1) is 11.3 Å². The standard InChI is InChI=1S/C14H19N3O3S/c18-13(19)6-17(5-9-1-2-9)11-3-10(4-11)16-14(20)12-7-21-8-15-12/h7-11H,1-6H2,(H,16,20)(H,18,19). The fourth-order valence-electron chi connectivity index (χ4n) is 2.74.